The van der Waals surface area contributed by atoms with Crippen LogP contribution in [0, 0.1) is 19.7 Å². The summed E-state index contributed by atoms with van der Waals surface area (Å²) in [4.78, 5) is 19.5. The van der Waals surface area contributed by atoms with Crippen LogP contribution >= 0.6 is 11.6 Å². The molecule has 2 aromatic heterocycles. The number of halogens is 2. The number of nitrogens with zero attached hydrogens (tertiary/aromatic N) is 5. The van der Waals surface area contributed by atoms with Gasteiger partial charge in [0.1, 0.15) is 5.82 Å². The van der Waals surface area contributed by atoms with Crippen molar-refractivity contribution >= 4 is 17.5 Å². The van der Waals surface area contributed by atoms with Gasteiger partial charge < -0.3 is 9.42 Å². The molecule has 3 heterocycles. The van der Waals surface area contributed by atoms with Crippen molar-refractivity contribution in [1.29, 1.82) is 0 Å². The first kappa shape index (κ1) is 22.3. The van der Waals surface area contributed by atoms with Gasteiger partial charge in [0.25, 0.3) is 5.91 Å². The molecule has 0 radical (unpaired) electrons. The average molecular weight is 480 g/mol. The molecule has 1 unspecified atom stereocenters. The van der Waals surface area contributed by atoms with E-state index in [1.165, 1.54) is 12.1 Å². The molecule has 0 aliphatic carbocycles. The van der Waals surface area contributed by atoms with Crippen molar-refractivity contribution in [3.8, 4) is 17.1 Å². The molecule has 5 rings (SSSR count). The highest BCUT2D eigenvalue weighted by Crippen LogP contribution is 2.29. The second kappa shape index (κ2) is 9.02. The topological polar surface area (TPSA) is 77.1 Å². The first-order chi connectivity index (χ1) is 16.4. The lowest BCUT2D eigenvalue weighted by atomic mass is 9.97. The second-order valence-electron chi connectivity index (χ2n) is 8.50. The Morgan fingerprint density at radius 3 is 2.68 bits per heavy atom. The van der Waals surface area contributed by atoms with Crippen LogP contribution in [0.2, 0.25) is 5.02 Å². The first-order valence-corrected chi connectivity index (χ1v) is 11.5. The molecule has 9 heteroatoms. The minimum absolute atomic E-state index is 0.0486. The van der Waals surface area contributed by atoms with Crippen LogP contribution in [0.5, 0.6) is 0 Å². The normalized spacial score (nSPS) is 16.1. The summed E-state index contributed by atoms with van der Waals surface area (Å²) < 4.78 is 20.8. The largest absolute Gasteiger partial charge is 0.339 e. The van der Waals surface area contributed by atoms with Crippen molar-refractivity contribution in [2.75, 3.05) is 13.1 Å². The SMILES string of the molecule is Cc1nn(-c2ccc(C(=O)N3CCCC(c4nc(-c5cccc(F)c5)no4)C3)cc2)c(C)c1Cl. The Morgan fingerprint density at radius 1 is 1.18 bits per heavy atom. The van der Waals surface area contributed by atoms with E-state index in [2.05, 4.69) is 15.2 Å². The molecule has 1 saturated heterocycles. The summed E-state index contributed by atoms with van der Waals surface area (Å²) in [5, 5.41) is 9.11. The fraction of sp³-hybridized carbons (Fsp3) is 0.280. The van der Waals surface area contributed by atoms with Crippen molar-refractivity contribution in [3.05, 3.63) is 82.2 Å². The van der Waals surface area contributed by atoms with Crippen molar-refractivity contribution in [3.63, 3.8) is 0 Å². The van der Waals surface area contributed by atoms with Gasteiger partial charge in [-0.2, -0.15) is 10.1 Å². The maximum atomic E-state index is 13.5. The Kier molecular flexibility index (Phi) is 5.91. The van der Waals surface area contributed by atoms with Gasteiger partial charge in [0.15, 0.2) is 0 Å². The Balaban J connectivity index is 1.30. The average Bonchev–Trinajstić information content (AvgIpc) is 3.45. The Bertz CT molecular complexity index is 1350. The number of carbonyl (C=O) groups excluding carboxylic acids is 1. The van der Waals surface area contributed by atoms with E-state index in [1.54, 1.807) is 28.9 Å². The predicted molar refractivity (Wildman–Crippen MR) is 126 cm³/mol. The summed E-state index contributed by atoms with van der Waals surface area (Å²) in [5.74, 6) is 0.340. The summed E-state index contributed by atoms with van der Waals surface area (Å²) in [6, 6.07) is 13.4. The lowest BCUT2D eigenvalue weighted by molar-refractivity contribution is 0.0695. The maximum Gasteiger partial charge on any atom is 0.253 e. The van der Waals surface area contributed by atoms with Crippen molar-refractivity contribution in [2.45, 2.75) is 32.6 Å². The van der Waals surface area contributed by atoms with Crippen LogP contribution in [-0.2, 0) is 0 Å². The number of rotatable bonds is 4. The smallest absolute Gasteiger partial charge is 0.253 e. The molecular weight excluding hydrogens is 457 g/mol. The third-order valence-corrected chi connectivity index (χ3v) is 6.69. The van der Waals surface area contributed by atoms with E-state index in [4.69, 9.17) is 16.1 Å². The molecule has 174 valence electrons. The van der Waals surface area contributed by atoms with Crippen LogP contribution in [0.3, 0.4) is 0 Å². The molecule has 1 amide bonds. The molecule has 0 N–H and O–H groups in total. The molecule has 0 saturated carbocycles. The zero-order valence-corrected chi connectivity index (χ0v) is 19.6. The van der Waals surface area contributed by atoms with Crippen LogP contribution in [0.15, 0.2) is 53.1 Å². The molecule has 0 spiro atoms. The molecule has 0 bridgehead atoms. The first-order valence-electron chi connectivity index (χ1n) is 11.1. The van der Waals surface area contributed by atoms with E-state index >= 15 is 0 Å². The molecule has 1 atom stereocenters. The molecule has 1 aliphatic rings. The summed E-state index contributed by atoms with van der Waals surface area (Å²) in [6.45, 7) is 4.92. The van der Waals surface area contributed by atoms with Gasteiger partial charge in [-0.05, 0) is 63.1 Å². The maximum absolute atomic E-state index is 13.5. The zero-order valence-electron chi connectivity index (χ0n) is 18.8. The van der Waals surface area contributed by atoms with Gasteiger partial charge in [0, 0.05) is 24.2 Å². The number of aromatic nitrogens is 4. The Hall–Kier alpha value is -3.52. The number of hydrogen-bond acceptors (Lipinski definition) is 5. The highest BCUT2D eigenvalue weighted by molar-refractivity contribution is 6.31. The van der Waals surface area contributed by atoms with Gasteiger partial charge in [-0.3, -0.25) is 4.79 Å². The highest BCUT2D eigenvalue weighted by atomic mass is 35.5. The second-order valence-corrected chi connectivity index (χ2v) is 8.88. The highest BCUT2D eigenvalue weighted by Gasteiger charge is 2.29. The minimum Gasteiger partial charge on any atom is -0.339 e. The van der Waals surface area contributed by atoms with Gasteiger partial charge in [0.2, 0.25) is 11.7 Å². The lowest BCUT2D eigenvalue weighted by Gasteiger charge is -2.31. The van der Waals surface area contributed by atoms with Gasteiger partial charge in [-0.15, -0.1) is 0 Å². The Labute approximate surface area is 201 Å². The number of likely N-dealkylation sites (tertiary alicyclic amines) is 1. The third kappa shape index (κ3) is 4.21. The molecule has 2 aromatic carbocycles. The zero-order chi connectivity index (χ0) is 23.8. The molecular formula is C25H23ClFN5O2. The van der Waals surface area contributed by atoms with Gasteiger partial charge in [0.05, 0.1) is 28.0 Å². The van der Waals surface area contributed by atoms with E-state index in [-0.39, 0.29) is 17.6 Å². The Morgan fingerprint density at radius 2 is 1.97 bits per heavy atom. The quantitative estimate of drug-likeness (QED) is 0.394. The van der Waals surface area contributed by atoms with Crippen LogP contribution in [0.1, 0.15) is 46.4 Å². The molecule has 1 fully saturated rings. The minimum atomic E-state index is -0.356. The van der Waals surface area contributed by atoms with E-state index in [1.807, 2.05) is 30.9 Å². The fourth-order valence-electron chi connectivity index (χ4n) is 4.31. The number of amides is 1. The number of benzene rings is 2. The fourth-order valence-corrected chi connectivity index (χ4v) is 4.43. The van der Waals surface area contributed by atoms with Crippen LogP contribution in [-0.4, -0.2) is 43.8 Å². The third-order valence-electron chi connectivity index (χ3n) is 6.14. The van der Waals surface area contributed by atoms with Crippen molar-refractivity contribution in [1.82, 2.24) is 24.8 Å². The summed E-state index contributed by atoms with van der Waals surface area (Å²) >= 11 is 6.26. The van der Waals surface area contributed by atoms with Crippen LogP contribution in [0.4, 0.5) is 4.39 Å². The van der Waals surface area contributed by atoms with Gasteiger partial charge in [-0.1, -0.05) is 28.9 Å². The van der Waals surface area contributed by atoms with Crippen molar-refractivity contribution in [2.24, 2.45) is 0 Å². The molecule has 7 nitrogen and oxygen atoms in total. The van der Waals surface area contributed by atoms with Crippen LogP contribution < -0.4 is 0 Å². The molecule has 34 heavy (non-hydrogen) atoms. The van der Waals surface area contributed by atoms with Crippen molar-refractivity contribution < 1.29 is 13.7 Å². The van der Waals surface area contributed by atoms with Gasteiger partial charge in [-0.25, -0.2) is 9.07 Å². The molecule has 1 aliphatic heterocycles. The summed E-state index contributed by atoms with van der Waals surface area (Å²) in [7, 11) is 0. The number of piperidine rings is 1. The van der Waals surface area contributed by atoms with Crippen LogP contribution in [0.25, 0.3) is 17.1 Å². The monoisotopic (exact) mass is 479 g/mol. The van der Waals surface area contributed by atoms with E-state index < -0.39 is 0 Å². The standard InChI is InChI=1S/C25H23ClFN5O2/c1-15-22(26)16(2)32(29-15)21-10-8-17(9-11-21)25(33)31-12-4-6-19(14-31)24-28-23(30-34-24)18-5-3-7-20(27)13-18/h3,5,7-11,13,19H,4,6,12,14H2,1-2H3. The number of carbonyl (C=O) groups is 1. The van der Waals surface area contributed by atoms with E-state index in [0.29, 0.717) is 41.0 Å². The predicted octanol–water partition coefficient (Wildman–Crippen LogP) is 5.35. The number of aryl methyl sites for hydroxylation is 1. The lowest BCUT2D eigenvalue weighted by Crippen LogP contribution is -2.39. The summed E-state index contributed by atoms with van der Waals surface area (Å²) in [5.41, 5.74) is 3.62. The molecule has 4 aromatic rings. The number of hydrogen-bond donors (Lipinski definition) is 0. The van der Waals surface area contributed by atoms with E-state index in [9.17, 15) is 9.18 Å². The van der Waals surface area contributed by atoms with Gasteiger partial charge >= 0.3 is 0 Å². The summed E-state index contributed by atoms with van der Waals surface area (Å²) in [6.07, 6.45) is 1.67. The van der Waals surface area contributed by atoms with E-state index in [0.717, 1.165) is 29.9 Å².